The molecule has 0 saturated carbocycles. The van der Waals surface area contributed by atoms with Crippen molar-refractivity contribution < 1.29 is 9.53 Å². The summed E-state index contributed by atoms with van der Waals surface area (Å²) in [6.45, 7) is 5.67. The van der Waals surface area contributed by atoms with Crippen molar-refractivity contribution in [2.24, 2.45) is 0 Å². The summed E-state index contributed by atoms with van der Waals surface area (Å²) in [5.41, 5.74) is 0. The fraction of sp³-hybridized carbons (Fsp3) is 0.909. The molecule has 0 radical (unpaired) electrons. The second kappa shape index (κ2) is 12.7. The zero-order valence-electron chi connectivity index (χ0n) is 10.5. The van der Waals surface area contributed by atoms with Crippen LogP contribution in [0.15, 0.2) is 0 Å². The molecule has 98 valence electrons. The number of nitrogens with one attached hydrogen (secondary N) is 2. The molecule has 0 bridgehead atoms. The summed E-state index contributed by atoms with van der Waals surface area (Å²) < 4.78 is 5.23. The maximum atomic E-state index is 11.2. The predicted molar refractivity (Wildman–Crippen MR) is 69.1 cm³/mol. The topological polar surface area (TPSA) is 50.4 Å². The van der Waals surface area contributed by atoms with E-state index in [0.29, 0.717) is 19.2 Å². The van der Waals surface area contributed by atoms with Gasteiger partial charge in [-0.25, -0.2) is 0 Å². The van der Waals surface area contributed by atoms with Crippen LogP contribution in [0.25, 0.3) is 0 Å². The van der Waals surface area contributed by atoms with Crippen molar-refractivity contribution in [3.63, 3.8) is 0 Å². The zero-order valence-corrected chi connectivity index (χ0v) is 11.4. The molecule has 16 heavy (non-hydrogen) atoms. The molecule has 1 atom stereocenters. The molecule has 0 rings (SSSR count). The van der Waals surface area contributed by atoms with E-state index < -0.39 is 0 Å². The van der Waals surface area contributed by atoms with Gasteiger partial charge in [0.1, 0.15) is 6.61 Å². The van der Waals surface area contributed by atoms with E-state index in [9.17, 15) is 4.79 Å². The van der Waals surface area contributed by atoms with Gasteiger partial charge in [0, 0.05) is 19.2 Å². The Kier molecular flexibility index (Phi) is 14.4. The highest BCUT2D eigenvalue weighted by molar-refractivity contribution is 5.85. The van der Waals surface area contributed by atoms with Gasteiger partial charge in [-0.15, -0.1) is 12.4 Å². The second-order valence-corrected chi connectivity index (χ2v) is 3.75. The normalized spacial score (nSPS) is 11.7. The lowest BCUT2D eigenvalue weighted by Crippen LogP contribution is -2.38. The Bertz CT molecular complexity index is 168. The summed E-state index contributed by atoms with van der Waals surface area (Å²) >= 11 is 0. The van der Waals surface area contributed by atoms with Crippen LogP contribution in [0, 0.1) is 0 Å². The summed E-state index contributed by atoms with van der Waals surface area (Å²) in [6.07, 6.45) is 3.38. The van der Waals surface area contributed by atoms with Crippen LogP contribution < -0.4 is 10.6 Å². The van der Waals surface area contributed by atoms with E-state index in [1.807, 2.05) is 14.0 Å². The van der Waals surface area contributed by atoms with E-state index in [0.717, 1.165) is 6.42 Å². The number of ether oxygens (including phenoxy) is 1. The average Bonchev–Trinajstić information content (AvgIpc) is 2.25. The molecule has 0 aliphatic heterocycles. The lowest BCUT2D eigenvalue weighted by molar-refractivity contribution is -0.125. The molecule has 1 unspecified atom stereocenters. The van der Waals surface area contributed by atoms with Crippen LogP contribution >= 0.6 is 12.4 Å². The van der Waals surface area contributed by atoms with Gasteiger partial charge >= 0.3 is 0 Å². The molecular weight excluding hydrogens is 228 g/mol. The SMILES string of the molecule is CCCCCOCC(=O)NCC(C)NC.Cl. The number of halogens is 1. The Morgan fingerprint density at radius 3 is 2.62 bits per heavy atom. The third kappa shape index (κ3) is 11.8. The van der Waals surface area contributed by atoms with E-state index in [1.165, 1.54) is 12.8 Å². The van der Waals surface area contributed by atoms with Crippen LogP contribution in [0.5, 0.6) is 0 Å². The fourth-order valence-electron chi connectivity index (χ4n) is 1.04. The molecule has 0 spiro atoms. The third-order valence-corrected chi connectivity index (χ3v) is 2.22. The molecule has 0 aromatic heterocycles. The summed E-state index contributed by atoms with van der Waals surface area (Å²) in [5, 5.41) is 5.85. The molecule has 0 fully saturated rings. The number of carbonyl (C=O) groups is 1. The van der Waals surface area contributed by atoms with Gasteiger partial charge in [-0.05, 0) is 20.4 Å². The molecule has 0 heterocycles. The lowest BCUT2D eigenvalue weighted by Gasteiger charge is -2.11. The molecular formula is C11H25ClN2O2. The van der Waals surface area contributed by atoms with Crippen LogP contribution in [0.1, 0.15) is 33.1 Å². The lowest BCUT2D eigenvalue weighted by atomic mass is 10.3. The predicted octanol–water partition coefficient (Wildman–Crippen LogP) is 1.34. The monoisotopic (exact) mass is 252 g/mol. The number of amides is 1. The minimum atomic E-state index is -0.0337. The minimum Gasteiger partial charge on any atom is -0.372 e. The molecule has 0 saturated heterocycles. The Balaban J connectivity index is 0. The van der Waals surface area contributed by atoms with Crippen LogP contribution in [0.3, 0.4) is 0 Å². The molecule has 2 N–H and O–H groups in total. The van der Waals surface area contributed by atoms with Gasteiger partial charge in [-0.1, -0.05) is 19.8 Å². The molecule has 0 aromatic rings. The summed E-state index contributed by atoms with van der Waals surface area (Å²) in [6, 6.07) is 0.300. The van der Waals surface area contributed by atoms with E-state index in [4.69, 9.17) is 4.74 Å². The number of rotatable bonds is 9. The fourth-order valence-corrected chi connectivity index (χ4v) is 1.04. The first-order chi connectivity index (χ1) is 7.20. The van der Waals surface area contributed by atoms with Crippen LogP contribution in [-0.2, 0) is 9.53 Å². The molecule has 0 aliphatic rings. The van der Waals surface area contributed by atoms with E-state index >= 15 is 0 Å². The quantitative estimate of drug-likeness (QED) is 0.609. The van der Waals surface area contributed by atoms with Gasteiger partial charge in [0.05, 0.1) is 0 Å². The van der Waals surface area contributed by atoms with Crippen molar-refractivity contribution in [2.45, 2.75) is 39.2 Å². The Hall–Kier alpha value is -0.320. The smallest absolute Gasteiger partial charge is 0.246 e. The highest BCUT2D eigenvalue weighted by atomic mass is 35.5. The Morgan fingerprint density at radius 2 is 2.06 bits per heavy atom. The highest BCUT2D eigenvalue weighted by Gasteiger charge is 2.03. The maximum absolute atomic E-state index is 11.2. The van der Waals surface area contributed by atoms with E-state index in [-0.39, 0.29) is 24.9 Å². The first kappa shape index (κ1) is 18.1. The maximum Gasteiger partial charge on any atom is 0.246 e. The minimum absolute atomic E-state index is 0. The average molecular weight is 253 g/mol. The summed E-state index contributed by atoms with van der Waals surface area (Å²) in [5.74, 6) is -0.0337. The first-order valence-electron chi connectivity index (χ1n) is 5.72. The van der Waals surface area contributed by atoms with Crippen molar-refractivity contribution in [3.05, 3.63) is 0 Å². The van der Waals surface area contributed by atoms with Crippen LogP contribution in [0.2, 0.25) is 0 Å². The molecule has 0 aliphatic carbocycles. The molecule has 1 amide bonds. The van der Waals surface area contributed by atoms with Gasteiger partial charge in [0.2, 0.25) is 5.91 Å². The Labute approximate surface area is 105 Å². The van der Waals surface area contributed by atoms with Gasteiger partial charge in [0.15, 0.2) is 0 Å². The van der Waals surface area contributed by atoms with Gasteiger partial charge < -0.3 is 15.4 Å². The third-order valence-electron chi connectivity index (χ3n) is 2.22. The second-order valence-electron chi connectivity index (χ2n) is 3.75. The van der Waals surface area contributed by atoms with Crippen molar-refractivity contribution in [1.29, 1.82) is 0 Å². The van der Waals surface area contributed by atoms with Crippen LogP contribution in [0.4, 0.5) is 0 Å². The van der Waals surface area contributed by atoms with Gasteiger partial charge in [0.25, 0.3) is 0 Å². The zero-order chi connectivity index (χ0) is 11.5. The summed E-state index contributed by atoms with van der Waals surface area (Å²) in [4.78, 5) is 11.2. The Morgan fingerprint density at radius 1 is 1.38 bits per heavy atom. The number of hydrogen-bond acceptors (Lipinski definition) is 3. The van der Waals surface area contributed by atoms with Crippen LogP contribution in [-0.4, -0.2) is 38.8 Å². The highest BCUT2D eigenvalue weighted by Crippen LogP contribution is 1.93. The van der Waals surface area contributed by atoms with Crippen molar-refractivity contribution >= 4 is 18.3 Å². The van der Waals surface area contributed by atoms with Crippen molar-refractivity contribution in [2.75, 3.05) is 26.8 Å². The van der Waals surface area contributed by atoms with Gasteiger partial charge in [-0.3, -0.25) is 4.79 Å². The summed E-state index contributed by atoms with van der Waals surface area (Å²) in [7, 11) is 1.87. The number of carbonyl (C=O) groups excluding carboxylic acids is 1. The molecule has 0 aromatic carbocycles. The number of likely N-dealkylation sites (N-methyl/N-ethyl adjacent to an activating group) is 1. The molecule has 4 nitrogen and oxygen atoms in total. The van der Waals surface area contributed by atoms with Crippen molar-refractivity contribution in [1.82, 2.24) is 10.6 Å². The first-order valence-corrected chi connectivity index (χ1v) is 5.72. The largest absolute Gasteiger partial charge is 0.372 e. The van der Waals surface area contributed by atoms with E-state index in [2.05, 4.69) is 17.6 Å². The number of hydrogen-bond donors (Lipinski definition) is 2. The van der Waals surface area contributed by atoms with Crippen molar-refractivity contribution in [3.8, 4) is 0 Å². The van der Waals surface area contributed by atoms with E-state index in [1.54, 1.807) is 0 Å². The standard InChI is InChI=1S/C11H24N2O2.ClH/c1-4-5-6-7-15-9-11(14)13-8-10(2)12-3;/h10,12H,4-9H2,1-3H3,(H,13,14);1H. The molecule has 5 heteroatoms. The number of unbranched alkanes of at least 4 members (excludes halogenated alkanes) is 2. The van der Waals surface area contributed by atoms with Gasteiger partial charge in [-0.2, -0.15) is 0 Å².